The first-order valence-corrected chi connectivity index (χ1v) is 7.30. The Morgan fingerprint density at radius 3 is 2.81 bits per heavy atom. The van der Waals surface area contributed by atoms with E-state index in [0.717, 1.165) is 5.69 Å². The molecule has 1 fully saturated rings. The van der Waals surface area contributed by atoms with Crippen molar-refractivity contribution in [3.63, 3.8) is 0 Å². The fourth-order valence-corrected chi connectivity index (χ4v) is 3.35. The first-order valence-electron chi connectivity index (χ1n) is 7.30. The molecule has 0 spiro atoms. The quantitative estimate of drug-likeness (QED) is 0.867. The van der Waals surface area contributed by atoms with Gasteiger partial charge in [0.2, 0.25) is 5.82 Å². The van der Waals surface area contributed by atoms with Crippen LogP contribution in [-0.2, 0) is 23.9 Å². The summed E-state index contributed by atoms with van der Waals surface area (Å²) in [6, 6.07) is -0.195. The first kappa shape index (κ1) is 14.8. The number of nitrogens with zero attached hydrogens (tertiary/aromatic N) is 2. The minimum Gasteiger partial charge on any atom is -0.375 e. The Labute approximate surface area is 121 Å². The summed E-state index contributed by atoms with van der Waals surface area (Å²) in [6.45, 7) is 5.45. The fraction of sp³-hybridized carbons (Fsp3) is 0.786. The molecule has 4 nitrogen and oxygen atoms in total. The zero-order chi connectivity index (χ0) is 15.3. The maximum atomic E-state index is 13.3. The lowest BCUT2D eigenvalue weighted by Crippen LogP contribution is -2.37. The number of hydrogen-bond acceptors (Lipinski definition) is 3. The standard InChI is InChI=1S/C14H20F3N3O/c1-13(2)7-9(4-6-21-13)20-11-3-5-18-8-10(11)19-12(20)14(15,16)17/h9,18H,3-8H2,1-2H3. The van der Waals surface area contributed by atoms with Crippen molar-refractivity contribution in [2.75, 3.05) is 13.2 Å². The van der Waals surface area contributed by atoms with Crippen molar-refractivity contribution in [1.82, 2.24) is 14.9 Å². The molecule has 1 aromatic heterocycles. The van der Waals surface area contributed by atoms with Crippen molar-refractivity contribution in [2.45, 2.75) is 57.5 Å². The van der Waals surface area contributed by atoms with Crippen LogP contribution in [-0.4, -0.2) is 28.3 Å². The minimum absolute atomic E-state index is 0.195. The number of hydrogen-bond donors (Lipinski definition) is 1. The van der Waals surface area contributed by atoms with Crippen LogP contribution in [0.5, 0.6) is 0 Å². The SMILES string of the molecule is CC1(C)CC(n2c(C(F)(F)F)nc3c2CCNC3)CCO1. The van der Waals surface area contributed by atoms with Gasteiger partial charge >= 0.3 is 6.18 Å². The van der Waals surface area contributed by atoms with Gasteiger partial charge in [-0.25, -0.2) is 4.98 Å². The largest absolute Gasteiger partial charge is 0.449 e. The predicted octanol–water partition coefficient (Wildman–Crippen LogP) is 2.68. The van der Waals surface area contributed by atoms with Crippen LogP contribution in [0.2, 0.25) is 0 Å². The number of aromatic nitrogens is 2. The summed E-state index contributed by atoms with van der Waals surface area (Å²) >= 11 is 0. The molecule has 3 rings (SSSR count). The van der Waals surface area contributed by atoms with E-state index in [1.165, 1.54) is 4.57 Å². The van der Waals surface area contributed by atoms with Crippen molar-refractivity contribution in [3.05, 3.63) is 17.2 Å². The highest BCUT2D eigenvalue weighted by molar-refractivity contribution is 5.23. The zero-order valence-corrected chi connectivity index (χ0v) is 12.3. The molecule has 1 N–H and O–H groups in total. The van der Waals surface area contributed by atoms with Crippen LogP contribution < -0.4 is 5.32 Å². The van der Waals surface area contributed by atoms with Crippen molar-refractivity contribution in [2.24, 2.45) is 0 Å². The summed E-state index contributed by atoms with van der Waals surface area (Å²) in [4.78, 5) is 3.88. The monoisotopic (exact) mass is 303 g/mol. The normalized spacial score (nSPS) is 25.7. The molecule has 1 saturated heterocycles. The summed E-state index contributed by atoms with van der Waals surface area (Å²) in [5.74, 6) is -0.751. The molecule has 0 saturated carbocycles. The molecule has 0 amide bonds. The molecule has 0 bridgehead atoms. The second kappa shape index (κ2) is 4.98. The molecular formula is C14H20F3N3O. The highest BCUT2D eigenvalue weighted by Gasteiger charge is 2.42. The number of fused-ring (bicyclic) bond motifs is 1. The highest BCUT2D eigenvalue weighted by atomic mass is 19.4. The summed E-state index contributed by atoms with van der Waals surface area (Å²) in [5, 5.41) is 3.08. The van der Waals surface area contributed by atoms with E-state index in [2.05, 4.69) is 10.3 Å². The van der Waals surface area contributed by atoms with Crippen LogP contribution in [0, 0.1) is 0 Å². The van der Waals surface area contributed by atoms with Crippen molar-refractivity contribution >= 4 is 0 Å². The van der Waals surface area contributed by atoms with Crippen LogP contribution in [0.1, 0.15) is 49.9 Å². The molecule has 7 heteroatoms. The number of ether oxygens (including phenoxy) is 1. The number of nitrogens with one attached hydrogen (secondary N) is 1. The Morgan fingerprint density at radius 1 is 1.38 bits per heavy atom. The molecule has 1 aromatic rings. The van der Waals surface area contributed by atoms with Gasteiger partial charge in [-0.3, -0.25) is 0 Å². The van der Waals surface area contributed by atoms with Crippen molar-refractivity contribution in [3.8, 4) is 0 Å². The molecule has 2 aliphatic heterocycles. The van der Waals surface area contributed by atoms with E-state index in [9.17, 15) is 13.2 Å². The smallest absolute Gasteiger partial charge is 0.375 e. The number of imidazole rings is 1. The Bertz CT molecular complexity index is 536. The number of rotatable bonds is 1. The van der Waals surface area contributed by atoms with Gasteiger partial charge in [-0.05, 0) is 26.7 Å². The van der Waals surface area contributed by atoms with Gasteiger partial charge in [0, 0.05) is 37.9 Å². The summed E-state index contributed by atoms with van der Waals surface area (Å²) in [6.07, 6.45) is -2.65. The summed E-state index contributed by atoms with van der Waals surface area (Å²) < 4.78 is 47.1. The molecule has 21 heavy (non-hydrogen) atoms. The van der Waals surface area contributed by atoms with E-state index in [4.69, 9.17) is 4.74 Å². The van der Waals surface area contributed by atoms with Gasteiger partial charge in [-0.15, -0.1) is 0 Å². The third-order valence-corrected chi connectivity index (χ3v) is 4.21. The lowest BCUT2D eigenvalue weighted by molar-refractivity contribution is -0.150. The van der Waals surface area contributed by atoms with E-state index in [-0.39, 0.29) is 6.04 Å². The van der Waals surface area contributed by atoms with Gasteiger partial charge in [0.1, 0.15) is 0 Å². The Balaban J connectivity index is 2.05. The lowest BCUT2D eigenvalue weighted by atomic mass is 9.93. The highest BCUT2D eigenvalue weighted by Crippen LogP contribution is 2.39. The Kier molecular flexibility index (Phi) is 3.52. The number of halogens is 3. The van der Waals surface area contributed by atoms with E-state index in [0.29, 0.717) is 44.7 Å². The fourth-order valence-electron chi connectivity index (χ4n) is 3.35. The topological polar surface area (TPSA) is 39.1 Å². The Morgan fingerprint density at radius 2 is 2.14 bits per heavy atom. The van der Waals surface area contributed by atoms with E-state index >= 15 is 0 Å². The Hall–Kier alpha value is -1.08. The minimum atomic E-state index is -4.42. The second-order valence-electron chi connectivity index (χ2n) is 6.38. The van der Waals surface area contributed by atoms with Crippen molar-refractivity contribution in [1.29, 1.82) is 0 Å². The van der Waals surface area contributed by atoms with Crippen LogP contribution >= 0.6 is 0 Å². The average Bonchev–Trinajstić information content (AvgIpc) is 2.76. The summed E-state index contributed by atoms with van der Waals surface area (Å²) in [7, 11) is 0. The molecule has 0 aliphatic carbocycles. The van der Waals surface area contributed by atoms with E-state index in [1.54, 1.807) is 0 Å². The van der Waals surface area contributed by atoms with Crippen LogP contribution in [0.3, 0.4) is 0 Å². The van der Waals surface area contributed by atoms with E-state index < -0.39 is 17.6 Å². The van der Waals surface area contributed by atoms with Gasteiger partial charge in [0.25, 0.3) is 0 Å². The van der Waals surface area contributed by atoms with E-state index in [1.807, 2.05) is 13.8 Å². The van der Waals surface area contributed by atoms with Gasteiger partial charge in [0.15, 0.2) is 0 Å². The molecule has 3 heterocycles. The van der Waals surface area contributed by atoms with Crippen LogP contribution in [0.4, 0.5) is 13.2 Å². The zero-order valence-electron chi connectivity index (χ0n) is 12.3. The molecule has 1 atom stereocenters. The number of alkyl halides is 3. The van der Waals surface area contributed by atoms with Gasteiger partial charge in [-0.2, -0.15) is 13.2 Å². The lowest BCUT2D eigenvalue weighted by Gasteiger charge is -2.37. The van der Waals surface area contributed by atoms with Gasteiger partial charge in [0.05, 0.1) is 11.3 Å². The first-order chi connectivity index (χ1) is 9.78. The second-order valence-corrected chi connectivity index (χ2v) is 6.38. The van der Waals surface area contributed by atoms with Crippen LogP contribution in [0.25, 0.3) is 0 Å². The van der Waals surface area contributed by atoms with Gasteiger partial charge < -0.3 is 14.6 Å². The molecule has 2 aliphatic rings. The molecular weight excluding hydrogens is 283 g/mol. The molecule has 0 aromatic carbocycles. The average molecular weight is 303 g/mol. The molecule has 0 radical (unpaired) electrons. The third kappa shape index (κ3) is 2.81. The molecule has 118 valence electrons. The van der Waals surface area contributed by atoms with Crippen molar-refractivity contribution < 1.29 is 17.9 Å². The van der Waals surface area contributed by atoms with Gasteiger partial charge in [-0.1, -0.05) is 0 Å². The maximum Gasteiger partial charge on any atom is 0.449 e. The summed E-state index contributed by atoms with van der Waals surface area (Å²) in [5.41, 5.74) is 0.886. The predicted molar refractivity (Wildman–Crippen MR) is 70.9 cm³/mol. The third-order valence-electron chi connectivity index (χ3n) is 4.21. The maximum absolute atomic E-state index is 13.3. The molecule has 1 unspecified atom stereocenters. The van der Waals surface area contributed by atoms with Crippen LogP contribution in [0.15, 0.2) is 0 Å².